The second-order valence-electron chi connectivity index (χ2n) is 6.18. The van der Waals surface area contributed by atoms with Crippen LogP contribution in [0, 0.1) is 18.2 Å². The molecule has 0 spiro atoms. The van der Waals surface area contributed by atoms with Crippen LogP contribution in [0.15, 0.2) is 48.5 Å². The van der Waals surface area contributed by atoms with Crippen molar-refractivity contribution >= 4 is 0 Å². The molecule has 0 fully saturated rings. The summed E-state index contributed by atoms with van der Waals surface area (Å²) in [5, 5.41) is 0. The molecule has 1 nitrogen and oxygen atoms in total. The third-order valence-corrected chi connectivity index (χ3v) is 4.98. The van der Waals surface area contributed by atoms with Crippen molar-refractivity contribution in [3.8, 4) is 0 Å². The van der Waals surface area contributed by atoms with Crippen molar-refractivity contribution in [2.24, 2.45) is 11.1 Å². The van der Waals surface area contributed by atoms with Gasteiger partial charge in [0.25, 0.3) is 0 Å². The van der Waals surface area contributed by atoms with Crippen LogP contribution < -0.4 is 5.73 Å². The predicted octanol–water partition coefficient (Wildman–Crippen LogP) is 5.03. The van der Waals surface area contributed by atoms with Gasteiger partial charge in [-0.2, -0.15) is 0 Å². The number of hydrogen-bond acceptors (Lipinski definition) is 1. The molecule has 0 aliphatic carbocycles. The lowest BCUT2D eigenvalue weighted by atomic mass is 9.65. The zero-order chi connectivity index (χ0) is 16.2. The number of rotatable bonds is 6. The Labute approximate surface area is 133 Å². The lowest BCUT2D eigenvalue weighted by Crippen LogP contribution is -2.36. The fourth-order valence-electron chi connectivity index (χ4n) is 3.50. The van der Waals surface area contributed by atoms with Crippen molar-refractivity contribution in [1.82, 2.24) is 0 Å². The minimum atomic E-state index is -0.187. The van der Waals surface area contributed by atoms with E-state index < -0.39 is 0 Å². The van der Waals surface area contributed by atoms with Gasteiger partial charge in [0.1, 0.15) is 5.82 Å². The average molecular weight is 299 g/mol. The van der Waals surface area contributed by atoms with E-state index in [0.29, 0.717) is 6.54 Å². The molecule has 0 aliphatic heterocycles. The first-order valence-corrected chi connectivity index (χ1v) is 8.08. The summed E-state index contributed by atoms with van der Waals surface area (Å²) in [4.78, 5) is 0. The van der Waals surface area contributed by atoms with E-state index in [1.54, 1.807) is 12.1 Å². The topological polar surface area (TPSA) is 26.0 Å². The summed E-state index contributed by atoms with van der Waals surface area (Å²) in [6.07, 6.45) is 1.93. The molecule has 2 heteroatoms. The maximum absolute atomic E-state index is 13.8. The number of aryl methyl sites for hydroxylation is 1. The molecule has 0 saturated heterocycles. The van der Waals surface area contributed by atoms with Gasteiger partial charge in [0.15, 0.2) is 0 Å². The minimum Gasteiger partial charge on any atom is -0.330 e. The Morgan fingerprint density at radius 2 is 1.59 bits per heavy atom. The molecule has 22 heavy (non-hydrogen) atoms. The van der Waals surface area contributed by atoms with Crippen LogP contribution in [-0.2, 0) is 0 Å². The van der Waals surface area contributed by atoms with Crippen LogP contribution in [0.5, 0.6) is 0 Å². The minimum absolute atomic E-state index is 0.0540. The molecule has 2 aromatic carbocycles. The van der Waals surface area contributed by atoms with E-state index in [1.807, 2.05) is 6.07 Å². The lowest BCUT2D eigenvalue weighted by molar-refractivity contribution is 0.235. The van der Waals surface area contributed by atoms with Crippen LogP contribution in [0.25, 0.3) is 0 Å². The van der Waals surface area contributed by atoms with Crippen LogP contribution in [-0.4, -0.2) is 6.54 Å². The average Bonchev–Trinajstić information content (AvgIpc) is 2.52. The highest BCUT2D eigenvalue weighted by Crippen LogP contribution is 2.45. The van der Waals surface area contributed by atoms with Gasteiger partial charge in [-0.05, 0) is 55.0 Å². The monoisotopic (exact) mass is 299 g/mol. The smallest absolute Gasteiger partial charge is 0.123 e. The van der Waals surface area contributed by atoms with E-state index in [0.717, 1.165) is 18.4 Å². The SMILES string of the molecule is CCC(CC)(CN)C(c1cccc(C)c1)c1cccc(F)c1. The van der Waals surface area contributed by atoms with Gasteiger partial charge in [-0.25, -0.2) is 4.39 Å². The van der Waals surface area contributed by atoms with Crippen molar-refractivity contribution in [3.63, 3.8) is 0 Å². The molecule has 0 amide bonds. The third kappa shape index (κ3) is 3.22. The first-order valence-electron chi connectivity index (χ1n) is 8.08. The molecule has 0 aliphatic rings. The molecule has 0 saturated carbocycles. The zero-order valence-electron chi connectivity index (χ0n) is 13.8. The number of hydrogen-bond donors (Lipinski definition) is 1. The number of halogens is 1. The Morgan fingerprint density at radius 1 is 1.00 bits per heavy atom. The summed E-state index contributed by atoms with van der Waals surface area (Å²) in [6.45, 7) is 7.04. The van der Waals surface area contributed by atoms with Gasteiger partial charge >= 0.3 is 0 Å². The Balaban J connectivity index is 2.63. The summed E-state index contributed by atoms with van der Waals surface area (Å²) in [6, 6.07) is 15.5. The summed E-state index contributed by atoms with van der Waals surface area (Å²) in [7, 11) is 0. The van der Waals surface area contributed by atoms with E-state index in [1.165, 1.54) is 17.2 Å². The highest BCUT2D eigenvalue weighted by molar-refractivity contribution is 5.37. The standard InChI is InChI=1S/C20H26FN/c1-4-20(5-2,14-22)19(16-9-6-8-15(3)12-16)17-10-7-11-18(21)13-17/h6-13,19H,4-5,14,22H2,1-3H3. The van der Waals surface area contributed by atoms with Gasteiger partial charge < -0.3 is 5.73 Å². The van der Waals surface area contributed by atoms with E-state index in [9.17, 15) is 4.39 Å². The van der Waals surface area contributed by atoms with Crippen LogP contribution >= 0.6 is 0 Å². The second-order valence-corrected chi connectivity index (χ2v) is 6.18. The van der Waals surface area contributed by atoms with Gasteiger partial charge in [0, 0.05) is 5.92 Å². The lowest BCUT2D eigenvalue weighted by Gasteiger charge is -2.40. The van der Waals surface area contributed by atoms with E-state index in [2.05, 4.69) is 45.0 Å². The Hall–Kier alpha value is -1.67. The van der Waals surface area contributed by atoms with Crippen LogP contribution in [0.2, 0.25) is 0 Å². The molecular weight excluding hydrogens is 273 g/mol. The zero-order valence-corrected chi connectivity index (χ0v) is 13.8. The molecule has 0 bridgehead atoms. The number of nitrogens with two attached hydrogens (primary N) is 1. The Kier molecular flexibility index (Phi) is 5.36. The maximum Gasteiger partial charge on any atom is 0.123 e. The molecule has 0 aromatic heterocycles. The van der Waals surface area contributed by atoms with Crippen molar-refractivity contribution in [3.05, 3.63) is 71.0 Å². The van der Waals surface area contributed by atoms with Crippen molar-refractivity contribution in [1.29, 1.82) is 0 Å². The van der Waals surface area contributed by atoms with Crippen molar-refractivity contribution in [2.45, 2.75) is 39.5 Å². The molecule has 0 heterocycles. The second kappa shape index (κ2) is 7.06. The quantitative estimate of drug-likeness (QED) is 0.795. The highest BCUT2D eigenvalue weighted by atomic mass is 19.1. The van der Waals surface area contributed by atoms with E-state index in [4.69, 9.17) is 5.73 Å². The van der Waals surface area contributed by atoms with Gasteiger partial charge in [0.2, 0.25) is 0 Å². The molecule has 1 unspecified atom stereocenters. The first kappa shape index (κ1) is 16.7. The summed E-state index contributed by atoms with van der Waals surface area (Å²) < 4.78 is 13.8. The Bertz CT molecular complexity index is 563. The first-order chi connectivity index (χ1) is 10.6. The normalized spacial score (nSPS) is 13.1. The molecular formula is C20H26FN. The van der Waals surface area contributed by atoms with Crippen LogP contribution in [0.4, 0.5) is 4.39 Å². The summed E-state index contributed by atoms with van der Waals surface area (Å²) >= 11 is 0. The van der Waals surface area contributed by atoms with Crippen molar-refractivity contribution < 1.29 is 4.39 Å². The van der Waals surface area contributed by atoms with E-state index in [-0.39, 0.29) is 17.2 Å². The molecule has 2 aromatic rings. The number of benzene rings is 2. The van der Waals surface area contributed by atoms with Gasteiger partial charge in [-0.3, -0.25) is 0 Å². The molecule has 2 rings (SSSR count). The molecule has 118 valence electrons. The Morgan fingerprint density at radius 3 is 2.09 bits per heavy atom. The molecule has 0 radical (unpaired) electrons. The summed E-state index contributed by atoms with van der Waals surface area (Å²) in [5.74, 6) is -0.0728. The van der Waals surface area contributed by atoms with Crippen LogP contribution in [0.3, 0.4) is 0 Å². The highest BCUT2D eigenvalue weighted by Gasteiger charge is 2.36. The van der Waals surface area contributed by atoms with Gasteiger partial charge in [0.05, 0.1) is 0 Å². The fraction of sp³-hybridized carbons (Fsp3) is 0.400. The maximum atomic E-state index is 13.8. The van der Waals surface area contributed by atoms with Crippen molar-refractivity contribution in [2.75, 3.05) is 6.54 Å². The summed E-state index contributed by atoms with van der Waals surface area (Å²) in [5.41, 5.74) is 9.59. The van der Waals surface area contributed by atoms with Gasteiger partial charge in [-0.15, -0.1) is 0 Å². The third-order valence-electron chi connectivity index (χ3n) is 4.98. The van der Waals surface area contributed by atoms with E-state index >= 15 is 0 Å². The molecule has 2 N–H and O–H groups in total. The van der Waals surface area contributed by atoms with Gasteiger partial charge in [-0.1, -0.05) is 55.8 Å². The van der Waals surface area contributed by atoms with Crippen LogP contribution in [0.1, 0.15) is 49.3 Å². The predicted molar refractivity (Wildman–Crippen MR) is 91.5 cm³/mol. The largest absolute Gasteiger partial charge is 0.330 e. The fourth-order valence-corrected chi connectivity index (χ4v) is 3.50. The molecule has 1 atom stereocenters.